The lowest BCUT2D eigenvalue weighted by Gasteiger charge is -2.60. The molecule has 0 N–H and O–H groups in total. The highest BCUT2D eigenvalue weighted by atomic mass is 16.5. The molecule has 0 aromatic rings. The maximum absolute atomic E-state index is 12.0. The van der Waals surface area contributed by atoms with E-state index in [-0.39, 0.29) is 12.1 Å². The van der Waals surface area contributed by atoms with Crippen LogP contribution < -0.4 is 0 Å². The number of carbonyl (C=O) groups is 2. The van der Waals surface area contributed by atoms with Gasteiger partial charge in [-0.15, -0.1) is 0 Å². The van der Waals surface area contributed by atoms with E-state index in [4.69, 9.17) is 4.74 Å². The van der Waals surface area contributed by atoms with Gasteiger partial charge in [0.25, 0.3) is 0 Å². The Hall–Kier alpha value is -0.860. The second-order valence-corrected chi connectivity index (χ2v) is 10.4. The smallest absolute Gasteiger partial charge is 0.302 e. The number of hydrogen-bond donors (Lipinski definition) is 0. The number of Topliss-reactive ketones (excluding diaryl/α,β-unsaturated/α-hetero) is 1. The largest absolute Gasteiger partial charge is 0.463 e. The lowest BCUT2D eigenvalue weighted by molar-refractivity contribution is -0.156. The Balaban J connectivity index is 1.56. The van der Waals surface area contributed by atoms with Crippen molar-refractivity contribution in [3.8, 4) is 0 Å². The molecule has 4 rings (SSSR count). The second kappa shape index (κ2) is 6.34. The molecule has 146 valence electrons. The van der Waals surface area contributed by atoms with Gasteiger partial charge in [-0.3, -0.25) is 9.59 Å². The minimum absolute atomic E-state index is 0.0401. The van der Waals surface area contributed by atoms with Crippen LogP contribution in [0.2, 0.25) is 0 Å². The van der Waals surface area contributed by atoms with Crippen LogP contribution in [0.4, 0.5) is 0 Å². The second-order valence-electron chi connectivity index (χ2n) is 10.4. The number of carbonyl (C=O) groups excluding carboxylic acids is 2. The van der Waals surface area contributed by atoms with Crippen molar-refractivity contribution in [1.82, 2.24) is 0 Å². The van der Waals surface area contributed by atoms with Gasteiger partial charge in [0.1, 0.15) is 11.9 Å². The molecule has 0 unspecified atom stereocenters. The molecule has 0 radical (unpaired) electrons. The molecule has 0 spiro atoms. The summed E-state index contributed by atoms with van der Waals surface area (Å²) in [6, 6.07) is 0. The fourth-order valence-corrected chi connectivity index (χ4v) is 8.20. The number of esters is 1. The molecule has 0 aromatic carbocycles. The highest BCUT2D eigenvalue weighted by Crippen LogP contribution is 2.67. The molecule has 4 aliphatic rings. The molecule has 0 aliphatic heterocycles. The zero-order chi connectivity index (χ0) is 18.7. The zero-order valence-electron chi connectivity index (χ0n) is 17.1. The van der Waals surface area contributed by atoms with Gasteiger partial charge in [-0.05, 0) is 86.4 Å². The van der Waals surface area contributed by atoms with Gasteiger partial charge in [0.15, 0.2) is 0 Å². The van der Waals surface area contributed by atoms with E-state index in [1.54, 1.807) is 0 Å². The third kappa shape index (κ3) is 2.67. The van der Waals surface area contributed by atoms with Gasteiger partial charge < -0.3 is 4.74 Å². The fraction of sp³-hybridized carbons (Fsp3) is 0.913. The summed E-state index contributed by atoms with van der Waals surface area (Å²) >= 11 is 0. The number of ketones is 1. The van der Waals surface area contributed by atoms with Crippen molar-refractivity contribution < 1.29 is 14.3 Å². The van der Waals surface area contributed by atoms with Crippen molar-refractivity contribution in [3.63, 3.8) is 0 Å². The van der Waals surface area contributed by atoms with Gasteiger partial charge in [0.2, 0.25) is 0 Å². The van der Waals surface area contributed by atoms with E-state index in [1.165, 1.54) is 45.4 Å². The third-order valence-corrected chi connectivity index (χ3v) is 9.47. The molecule has 4 saturated carbocycles. The molecule has 26 heavy (non-hydrogen) atoms. The Kier molecular flexibility index (Phi) is 4.51. The van der Waals surface area contributed by atoms with Crippen LogP contribution in [0.3, 0.4) is 0 Å². The Labute approximate surface area is 158 Å². The van der Waals surface area contributed by atoms with Gasteiger partial charge >= 0.3 is 5.97 Å². The number of ether oxygens (including phenoxy) is 1. The highest BCUT2D eigenvalue weighted by molar-refractivity contribution is 5.79. The first kappa shape index (κ1) is 18.5. The Morgan fingerprint density at radius 3 is 2.50 bits per heavy atom. The first-order valence-electron chi connectivity index (χ1n) is 10.9. The minimum atomic E-state index is -0.141. The maximum Gasteiger partial charge on any atom is 0.302 e. The van der Waals surface area contributed by atoms with Crippen LogP contribution in [-0.2, 0) is 14.3 Å². The summed E-state index contributed by atoms with van der Waals surface area (Å²) in [5.41, 5.74) is 0.710. The molecule has 0 heterocycles. The van der Waals surface area contributed by atoms with Crippen LogP contribution in [0.5, 0.6) is 0 Å². The molecule has 0 aromatic heterocycles. The quantitative estimate of drug-likeness (QED) is 0.638. The summed E-state index contributed by atoms with van der Waals surface area (Å²) < 4.78 is 5.63. The van der Waals surface area contributed by atoms with Crippen molar-refractivity contribution in [2.24, 2.45) is 40.4 Å². The molecular weight excluding hydrogens is 324 g/mol. The summed E-state index contributed by atoms with van der Waals surface area (Å²) in [7, 11) is 0. The SMILES string of the molecule is CC(=O)O[C@H](C)[C@@H]1CC[C@@H]2[C@@H]3CC[C@H]4CC(=O)CC[C@]4(C)[C@H]3CC[C@@]21C. The summed E-state index contributed by atoms with van der Waals surface area (Å²) in [5.74, 6) is 3.90. The molecule has 0 bridgehead atoms. The summed E-state index contributed by atoms with van der Waals surface area (Å²) in [5, 5.41) is 0. The van der Waals surface area contributed by atoms with Crippen LogP contribution in [0.1, 0.15) is 85.5 Å². The first-order valence-corrected chi connectivity index (χ1v) is 10.9. The summed E-state index contributed by atoms with van der Waals surface area (Å²) in [6.07, 6.45) is 10.5. The highest BCUT2D eigenvalue weighted by Gasteiger charge is 2.61. The first-order chi connectivity index (χ1) is 12.3. The van der Waals surface area contributed by atoms with Crippen molar-refractivity contribution in [3.05, 3.63) is 0 Å². The molecule has 0 saturated heterocycles. The standard InChI is InChI=1S/C23H36O3/c1-14(26-15(2)24)19-7-8-20-18-6-5-16-13-17(25)9-11-22(16,3)21(18)10-12-23(19,20)4/h14,16,18-21H,5-13H2,1-4H3/t14-,16+,18+,19+,20-,21+,22+,23-/m1/s1. The molecule has 3 heteroatoms. The van der Waals surface area contributed by atoms with E-state index < -0.39 is 0 Å². The fourth-order valence-electron chi connectivity index (χ4n) is 8.20. The maximum atomic E-state index is 12.0. The van der Waals surface area contributed by atoms with Crippen LogP contribution in [0, 0.1) is 40.4 Å². The molecule has 8 atom stereocenters. The van der Waals surface area contributed by atoms with E-state index >= 15 is 0 Å². The lowest BCUT2D eigenvalue weighted by atomic mass is 9.44. The number of fused-ring (bicyclic) bond motifs is 5. The van der Waals surface area contributed by atoms with Crippen molar-refractivity contribution in [1.29, 1.82) is 0 Å². The van der Waals surface area contributed by atoms with Gasteiger partial charge in [-0.2, -0.15) is 0 Å². The van der Waals surface area contributed by atoms with E-state index in [9.17, 15) is 9.59 Å². The lowest BCUT2D eigenvalue weighted by Crippen LogP contribution is -2.54. The average molecular weight is 361 g/mol. The van der Waals surface area contributed by atoms with E-state index in [2.05, 4.69) is 20.8 Å². The normalized spacial score (nSPS) is 48.9. The van der Waals surface area contributed by atoms with Gasteiger partial charge in [0.05, 0.1) is 0 Å². The predicted octanol–water partition coefficient (Wildman–Crippen LogP) is 5.17. The Bertz CT molecular complexity index is 598. The monoisotopic (exact) mass is 360 g/mol. The van der Waals surface area contributed by atoms with Crippen LogP contribution in [0.15, 0.2) is 0 Å². The average Bonchev–Trinajstić information content (AvgIpc) is 2.92. The Morgan fingerprint density at radius 2 is 1.77 bits per heavy atom. The zero-order valence-corrected chi connectivity index (χ0v) is 17.1. The number of rotatable bonds is 2. The molecule has 4 fully saturated rings. The summed E-state index contributed by atoms with van der Waals surface area (Å²) in [4.78, 5) is 23.5. The van der Waals surface area contributed by atoms with Gasteiger partial charge in [0, 0.05) is 25.7 Å². The van der Waals surface area contributed by atoms with Crippen molar-refractivity contribution in [2.75, 3.05) is 0 Å². The van der Waals surface area contributed by atoms with Crippen LogP contribution in [0.25, 0.3) is 0 Å². The van der Waals surface area contributed by atoms with Gasteiger partial charge in [-0.25, -0.2) is 0 Å². The van der Waals surface area contributed by atoms with E-state index in [1.807, 2.05) is 0 Å². The topological polar surface area (TPSA) is 43.4 Å². The molecule has 3 nitrogen and oxygen atoms in total. The van der Waals surface area contributed by atoms with E-state index in [0.29, 0.717) is 28.4 Å². The van der Waals surface area contributed by atoms with E-state index in [0.717, 1.165) is 37.0 Å². The summed E-state index contributed by atoms with van der Waals surface area (Å²) in [6.45, 7) is 8.65. The predicted molar refractivity (Wildman–Crippen MR) is 101 cm³/mol. The minimum Gasteiger partial charge on any atom is -0.463 e. The Morgan fingerprint density at radius 1 is 1.04 bits per heavy atom. The molecule has 0 amide bonds. The molecule has 4 aliphatic carbocycles. The van der Waals surface area contributed by atoms with Crippen molar-refractivity contribution in [2.45, 2.75) is 91.6 Å². The van der Waals surface area contributed by atoms with Crippen LogP contribution in [-0.4, -0.2) is 17.9 Å². The van der Waals surface area contributed by atoms with Crippen LogP contribution >= 0.6 is 0 Å². The molecular formula is C23H36O3. The van der Waals surface area contributed by atoms with Crippen molar-refractivity contribution >= 4 is 11.8 Å². The number of hydrogen-bond acceptors (Lipinski definition) is 3. The third-order valence-electron chi connectivity index (χ3n) is 9.47. The van der Waals surface area contributed by atoms with Gasteiger partial charge in [-0.1, -0.05) is 13.8 Å².